The van der Waals surface area contributed by atoms with E-state index in [0.29, 0.717) is 36.4 Å². The number of ketones is 2. The Balaban J connectivity index is 0.000000256. The van der Waals surface area contributed by atoms with Crippen molar-refractivity contribution in [3.63, 3.8) is 0 Å². The van der Waals surface area contributed by atoms with Gasteiger partial charge in [-0.2, -0.15) is 13.2 Å². The molecule has 11 nitrogen and oxygen atoms in total. The zero-order valence-electron chi connectivity index (χ0n) is 26.6. The van der Waals surface area contributed by atoms with Gasteiger partial charge in [-0.25, -0.2) is 8.42 Å². The normalized spacial score (nSPS) is 18.3. The van der Waals surface area contributed by atoms with Crippen LogP contribution in [0.2, 0.25) is 0 Å². The fourth-order valence-corrected chi connectivity index (χ4v) is 6.04. The van der Waals surface area contributed by atoms with E-state index >= 15 is 0 Å². The standard InChI is InChI=1S/C17H25NO5.C15H12F3NO4S/c1-6-8-11(18-23-9-7-2)13-12(19)10-17(3,4)14(15(13)20)16(21)22-5;1-24(21,22)12-6-9(15(16,17)18)4-5-10(12)13(20)11-7-19-23-14(11)8-2-3-8/h7,14,19H,2,6,8-10H2,1,3-5H3;4-8H,2-3H2,1H3/b18-11+;. The number of sulfone groups is 1. The first-order valence-electron chi connectivity index (χ1n) is 14.6. The number of aliphatic hydroxyl groups is 1. The molecule has 2 aliphatic rings. The fraction of sp³-hybridized carbons (Fsp3) is 0.469. The topological polar surface area (TPSA) is 162 Å². The molecule has 1 atom stereocenters. The minimum Gasteiger partial charge on any atom is -0.511 e. The van der Waals surface area contributed by atoms with E-state index in [-0.39, 0.29) is 41.4 Å². The van der Waals surface area contributed by atoms with Gasteiger partial charge in [-0.15, -0.1) is 0 Å². The summed E-state index contributed by atoms with van der Waals surface area (Å²) in [5, 5.41) is 17.9. The Labute approximate surface area is 270 Å². The molecule has 0 radical (unpaired) electrons. The lowest BCUT2D eigenvalue weighted by Gasteiger charge is -2.36. The summed E-state index contributed by atoms with van der Waals surface area (Å²) in [6.07, 6.45) is 1.75. The molecule has 1 aromatic carbocycles. The van der Waals surface area contributed by atoms with Gasteiger partial charge in [0.1, 0.15) is 18.3 Å². The van der Waals surface area contributed by atoms with Gasteiger partial charge in [0.05, 0.1) is 40.6 Å². The van der Waals surface area contributed by atoms with E-state index in [4.69, 9.17) is 14.1 Å². The number of carbonyl (C=O) groups is 3. The van der Waals surface area contributed by atoms with Gasteiger partial charge in [0.2, 0.25) is 0 Å². The van der Waals surface area contributed by atoms with Crippen LogP contribution in [0.5, 0.6) is 0 Å². The molecule has 0 saturated heterocycles. The number of hydrogen-bond donors (Lipinski definition) is 1. The molecule has 1 heterocycles. The van der Waals surface area contributed by atoms with Crippen molar-refractivity contribution in [2.45, 2.75) is 69.9 Å². The third-order valence-corrected chi connectivity index (χ3v) is 8.66. The van der Waals surface area contributed by atoms with Crippen LogP contribution < -0.4 is 0 Å². The van der Waals surface area contributed by atoms with E-state index in [2.05, 4.69) is 16.9 Å². The molecule has 2 aromatic rings. The first-order chi connectivity index (χ1) is 21.9. The maximum Gasteiger partial charge on any atom is 0.416 e. The molecular weight excluding hydrogens is 645 g/mol. The molecule has 0 aliphatic heterocycles. The van der Waals surface area contributed by atoms with Crippen molar-refractivity contribution in [3.05, 3.63) is 70.8 Å². The molecule has 1 N–H and O–H groups in total. The highest BCUT2D eigenvalue weighted by molar-refractivity contribution is 7.90. The van der Waals surface area contributed by atoms with E-state index in [1.54, 1.807) is 13.8 Å². The van der Waals surface area contributed by atoms with Crippen LogP contribution in [-0.2, 0) is 35.2 Å². The lowest BCUT2D eigenvalue weighted by Crippen LogP contribution is -2.44. The minimum absolute atomic E-state index is 0.0441. The van der Waals surface area contributed by atoms with Crippen molar-refractivity contribution in [2.75, 3.05) is 20.0 Å². The molecule has 15 heteroatoms. The number of alkyl halides is 3. The number of ether oxygens (including phenoxy) is 1. The van der Waals surface area contributed by atoms with Crippen LogP contribution >= 0.6 is 0 Å². The number of benzene rings is 1. The zero-order valence-corrected chi connectivity index (χ0v) is 27.5. The Kier molecular flexibility index (Phi) is 11.6. The van der Waals surface area contributed by atoms with Crippen molar-refractivity contribution in [3.8, 4) is 0 Å². The molecule has 2 aliphatic carbocycles. The van der Waals surface area contributed by atoms with Gasteiger partial charge in [0, 0.05) is 24.2 Å². The van der Waals surface area contributed by atoms with Crippen LogP contribution in [0.15, 0.2) is 63.0 Å². The number of aromatic nitrogens is 1. The molecule has 0 amide bonds. The van der Waals surface area contributed by atoms with Crippen molar-refractivity contribution in [2.24, 2.45) is 16.5 Å². The molecule has 0 spiro atoms. The monoisotopic (exact) mass is 682 g/mol. The van der Waals surface area contributed by atoms with Gasteiger partial charge < -0.3 is 19.2 Å². The average Bonchev–Trinajstić information content (AvgIpc) is 3.70. The number of methoxy groups -OCH3 is 1. The van der Waals surface area contributed by atoms with Gasteiger partial charge in [-0.3, -0.25) is 14.4 Å². The summed E-state index contributed by atoms with van der Waals surface area (Å²) in [5.74, 6) is -2.43. The molecule has 1 saturated carbocycles. The molecule has 256 valence electrons. The molecule has 0 bridgehead atoms. The second-order valence-electron chi connectivity index (χ2n) is 11.9. The number of allylic oxidation sites excluding steroid dienone is 2. The summed E-state index contributed by atoms with van der Waals surface area (Å²) in [6, 6.07) is 2.05. The highest BCUT2D eigenvalue weighted by Crippen LogP contribution is 2.43. The Morgan fingerprint density at radius 1 is 1.23 bits per heavy atom. The van der Waals surface area contributed by atoms with Gasteiger partial charge in [0.25, 0.3) is 0 Å². The second-order valence-corrected chi connectivity index (χ2v) is 13.9. The summed E-state index contributed by atoms with van der Waals surface area (Å²) >= 11 is 0. The van der Waals surface area contributed by atoms with Crippen LogP contribution in [0.1, 0.15) is 86.0 Å². The Bertz CT molecular complexity index is 1700. The lowest BCUT2D eigenvalue weighted by atomic mass is 9.67. The molecule has 47 heavy (non-hydrogen) atoms. The molecule has 4 rings (SSSR count). The highest BCUT2D eigenvalue weighted by Gasteiger charge is 2.49. The number of nitrogens with zero attached hydrogens (tertiary/aromatic N) is 2. The summed E-state index contributed by atoms with van der Waals surface area (Å²) < 4.78 is 72.1. The molecule has 1 unspecified atom stereocenters. The molecule has 1 fully saturated rings. The van der Waals surface area contributed by atoms with Crippen LogP contribution in [0.4, 0.5) is 13.2 Å². The maximum atomic E-state index is 12.8. The number of carbonyl (C=O) groups excluding carboxylic acids is 3. The van der Waals surface area contributed by atoms with E-state index in [1.807, 2.05) is 6.92 Å². The Morgan fingerprint density at radius 3 is 2.43 bits per heavy atom. The van der Waals surface area contributed by atoms with Gasteiger partial charge >= 0.3 is 12.1 Å². The first kappa shape index (κ1) is 37.2. The second kappa shape index (κ2) is 14.7. The predicted octanol–water partition coefficient (Wildman–Crippen LogP) is 6.15. The van der Waals surface area contributed by atoms with E-state index in [1.165, 1.54) is 19.4 Å². The van der Waals surface area contributed by atoms with Crippen molar-refractivity contribution >= 4 is 33.1 Å². The number of rotatable bonds is 11. The summed E-state index contributed by atoms with van der Waals surface area (Å²) in [4.78, 5) is 41.9. The van der Waals surface area contributed by atoms with Crippen molar-refractivity contribution in [1.29, 1.82) is 0 Å². The average molecular weight is 683 g/mol. The van der Waals surface area contributed by atoms with Crippen LogP contribution in [0.25, 0.3) is 0 Å². The maximum absolute atomic E-state index is 12.8. The number of halogens is 3. The van der Waals surface area contributed by atoms with E-state index in [9.17, 15) is 41.1 Å². The third kappa shape index (κ3) is 8.76. The van der Waals surface area contributed by atoms with Gasteiger partial charge in [-0.05, 0) is 42.9 Å². The quantitative estimate of drug-likeness (QED) is 0.0553. The number of esters is 1. The molecular formula is C32H37F3N2O9S. The van der Waals surface area contributed by atoms with Crippen LogP contribution in [0, 0.1) is 11.3 Å². The Morgan fingerprint density at radius 2 is 1.89 bits per heavy atom. The number of oxime groups is 1. The SMILES string of the molecule is C=CCO/N=C(\CCC)C1=C(O)CC(C)(C)C(C(=O)OC)C1=O.CS(=O)(=O)c1cc(C(F)(F)F)ccc1C(=O)c1cnoc1C1CC1. The zero-order chi connectivity index (χ0) is 35.3. The third-order valence-electron chi connectivity index (χ3n) is 7.53. The van der Waals surface area contributed by atoms with Crippen LogP contribution in [-0.4, -0.2) is 61.9 Å². The fourth-order valence-electron chi connectivity index (χ4n) is 5.13. The predicted molar refractivity (Wildman–Crippen MR) is 164 cm³/mol. The van der Waals surface area contributed by atoms with Gasteiger partial charge in [-0.1, -0.05) is 50.2 Å². The number of aliphatic hydroxyl groups excluding tert-OH is 1. The largest absolute Gasteiger partial charge is 0.511 e. The summed E-state index contributed by atoms with van der Waals surface area (Å²) in [6.45, 7) is 9.16. The van der Waals surface area contributed by atoms with E-state index in [0.717, 1.165) is 25.2 Å². The van der Waals surface area contributed by atoms with E-state index < -0.39 is 55.3 Å². The number of hydrogen-bond acceptors (Lipinski definition) is 11. The summed E-state index contributed by atoms with van der Waals surface area (Å²) in [7, 11) is -2.79. The minimum atomic E-state index is -4.71. The lowest BCUT2D eigenvalue weighted by molar-refractivity contribution is -0.154. The highest BCUT2D eigenvalue weighted by atomic mass is 32.2. The van der Waals surface area contributed by atoms with Crippen molar-refractivity contribution in [1.82, 2.24) is 5.16 Å². The van der Waals surface area contributed by atoms with Crippen molar-refractivity contribution < 1.29 is 55.2 Å². The Hall–Kier alpha value is -4.27. The van der Waals surface area contributed by atoms with Crippen LogP contribution in [0.3, 0.4) is 0 Å². The number of Topliss-reactive ketones (excluding diaryl/α,β-unsaturated/α-hetero) is 1. The summed E-state index contributed by atoms with van der Waals surface area (Å²) in [5.41, 5.74) is -1.67. The molecule has 1 aromatic heterocycles. The smallest absolute Gasteiger partial charge is 0.416 e. The first-order valence-corrected chi connectivity index (χ1v) is 16.5. The van der Waals surface area contributed by atoms with Gasteiger partial charge in [0.15, 0.2) is 27.2 Å².